The van der Waals surface area contributed by atoms with E-state index in [0.29, 0.717) is 11.3 Å². The van der Waals surface area contributed by atoms with Crippen molar-refractivity contribution in [1.82, 2.24) is 10.6 Å². The fraction of sp³-hybridized carbons (Fsp3) is 0.300. The number of amides is 3. The average molecular weight is 399 g/mol. The van der Waals surface area contributed by atoms with Gasteiger partial charge in [0.2, 0.25) is 0 Å². The van der Waals surface area contributed by atoms with Crippen LogP contribution in [0.15, 0.2) is 47.1 Å². The number of anilines is 1. The fourth-order valence-corrected chi connectivity index (χ4v) is 2.42. The first-order chi connectivity index (χ1) is 14.0. The normalized spacial score (nSPS) is 12.7. The third-order valence-electron chi connectivity index (χ3n) is 4.04. The van der Waals surface area contributed by atoms with Crippen LogP contribution in [-0.4, -0.2) is 42.9 Å². The van der Waals surface area contributed by atoms with Gasteiger partial charge < -0.3 is 25.1 Å². The molecule has 1 aliphatic rings. The quantitative estimate of drug-likeness (QED) is 0.548. The monoisotopic (exact) mass is 399 g/mol. The van der Waals surface area contributed by atoms with Crippen molar-refractivity contribution in [3.8, 4) is 0 Å². The first-order valence-corrected chi connectivity index (χ1v) is 9.19. The Bertz CT molecular complexity index is 889. The van der Waals surface area contributed by atoms with Gasteiger partial charge in [0.05, 0.1) is 12.7 Å². The number of benzene rings is 1. The summed E-state index contributed by atoms with van der Waals surface area (Å²) in [5.41, 5.74) is 0.874. The summed E-state index contributed by atoms with van der Waals surface area (Å²) in [5.74, 6) is -1.64. The van der Waals surface area contributed by atoms with Gasteiger partial charge in [-0.05, 0) is 43.2 Å². The van der Waals surface area contributed by atoms with Crippen molar-refractivity contribution in [3.05, 3.63) is 54.0 Å². The highest BCUT2D eigenvalue weighted by molar-refractivity contribution is 5.98. The molecule has 3 amide bonds. The lowest BCUT2D eigenvalue weighted by molar-refractivity contribution is -0.147. The van der Waals surface area contributed by atoms with Crippen molar-refractivity contribution in [3.63, 3.8) is 0 Å². The second-order valence-electron chi connectivity index (χ2n) is 6.52. The summed E-state index contributed by atoms with van der Waals surface area (Å²) in [6.45, 7) is -0.415. The van der Waals surface area contributed by atoms with Crippen LogP contribution in [0.4, 0.5) is 5.69 Å². The standard InChI is InChI=1S/C20H21N3O6/c24-17(12-29-18(25)8-9-21-20(27)16-5-2-10-28-16)22-15-4-1-3-13(11-15)19(26)23-14-6-7-14/h1-5,10-11,14H,6-9,12H2,(H,21,27)(H,22,24)(H,23,26). The summed E-state index contributed by atoms with van der Waals surface area (Å²) in [7, 11) is 0. The van der Waals surface area contributed by atoms with E-state index in [-0.39, 0.29) is 30.7 Å². The summed E-state index contributed by atoms with van der Waals surface area (Å²) in [6.07, 6.45) is 3.26. The number of esters is 1. The zero-order chi connectivity index (χ0) is 20.6. The highest BCUT2D eigenvalue weighted by atomic mass is 16.5. The molecule has 0 aliphatic heterocycles. The van der Waals surface area contributed by atoms with Crippen LogP contribution in [0.1, 0.15) is 40.2 Å². The Morgan fingerprint density at radius 3 is 2.62 bits per heavy atom. The molecule has 0 radical (unpaired) electrons. The second kappa shape index (κ2) is 9.54. The number of nitrogens with one attached hydrogen (secondary N) is 3. The Kier molecular flexibility index (Phi) is 6.62. The number of ether oxygens (including phenoxy) is 1. The molecule has 152 valence electrons. The number of hydrogen-bond donors (Lipinski definition) is 3. The zero-order valence-corrected chi connectivity index (χ0v) is 15.6. The number of rotatable bonds is 9. The minimum Gasteiger partial charge on any atom is -0.459 e. The molecule has 3 N–H and O–H groups in total. The van der Waals surface area contributed by atoms with Gasteiger partial charge in [0.25, 0.3) is 17.7 Å². The lowest BCUT2D eigenvalue weighted by Crippen LogP contribution is -2.27. The molecule has 1 heterocycles. The summed E-state index contributed by atoms with van der Waals surface area (Å²) in [5, 5.41) is 7.95. The number of furan rings is 1. The third-order valence-corrected chi connectivity index (χ3v) is 4.04. The van der Waals surface area contributed by atoms with Gasteiger partial charge in [0.15, 0.2) is 12.4 Å². The number of carbonyl (C=O) groups excluding carboxylic acids is 4. The predicted octanol–water partition coefficient (Wildman–Crippen LogP) is 1.47. The average Bonchev–Trinajstić information content (AvgIpc) is 3.34. The Morgan fingerprint density at radius 1 is 1.07 bits per heavy atom. The summed E-state index contributed by atoms with van der Waals surface area (Å²) >= 11 is 0. The smallest absolute Gasteiger partial charge is 0.308 e. The van der Waals surface area contributed by atoms with E-state index >= 15 is 0 Å². The van der Waals surface area contributed by atoms with Crippen LogP contribution < -0.4 is 16.0 Å². The minimum atomic E-state index is -0.627. The van der Waals surface area contributed by atoms with E-state index in [1.54, 1.807) is 30.3 Å². The summed E-state index contributed by atoms with van der Waals surface area (Å²) in [4.78, 5) is 47.3. The van der Waals surface area contributed by atoms with Gasteiger partial charge in [0.1, 0.15) is 0 Å². The van der Waals surface area contributed by atoms with Crippen LogP contribution in [0.2, 0.25) is 0 Å². The maximum Gasteiger partial charge on any atom is 0.308 e. The summed E-state index contributed by atoms with van der Waals surface area (Å²) in [6, 6.07) is 9.83. The van der Waals surface area contributed by atoms with E-state index in [0.717, 1.165) is 12.8 Å². The lowest BCUT2D eigenvalue weighted by atomic mass is 10.2. The fourth-order valence-electron chi connectivity index (χ4n) is 2.42. The topological polar surface area (TPSA) is 127 Å². The molecular weight excluding hydrogens is 378 g/mol. The van der Waals surface area contributed by atoms with Gasteiger partial charge in [-0.3, -0.25) is 19.2 Å². The maximum atomic E-state index is 12.0. The first-order valence-electron chi connectivity index (χ1n) is 9.19. The maximum absolute atomic E-state index is 12.0. The predicted molar refractivity (Wildman–Crippen MR) is 102 cm³/mol. The molecule has 9 heteroatoms. The van der Waals surface area contributed by atoms with Gasteiger partial charge in [0, 0.05) is 23.8 Å². The van der Waals surface area contributed by atoms with Crippen molar-refractivity contribution >= 4 is 29.4 Å². The number of carbonyl (C=O) groups is 4. The largest absolute Gasteiger partial charge is 0.459 e. The van der Waals surface area contributed by atoms with E-state index in [4.69, 9.17) is 9.15 Å². The molecule has 0 spiro atoms. The molecule has 1 aromatic heterocycles. The van der Waals surface area contributed by atoms with Crippen molar-refractivity contribution in [2.75, 3.05) is 18.5 Å². The first kappa shape index (κ1) is 20.1. The van der Waals surface area contributed by atoms with Crippen LogP contribution >= 0.6 is 0 Å². The molecular formula is C20H21N3O6. The van der Waals surface area contributed by atoms with Crippen molar-refractivity contribution in [2.24, 2.45) is 0 Å². The highest BCUT2D eigenvalue weighted by Crippen LogP contribution is 2.20. The minimum absolute atomic E-state index is 0.0537. The Balaban J connectivity index is 1.36. The van der Waals surface area contributed by atoms with Gasteiger partial charge in [-0.25, -0.2) is 0 Å². The second-order valence-corrected chi connectivity index (χ2v) is 6.52. The molecule has 1 aliphatic carbocycles. The van der Waals surface area contributed by atoms with Crippen LogP contribution in [0.5, 0.6) is 0 Å². The molecule has 1 saturated carbocycles. The van der Waals surface area contributed by atoms with E-state index in [1.807, 2.05) is 0 Å². The molecule has 0 bridgehead atoms. The van der Waals surface area contributed by atoms with E-state index < -0.39 is 24.4 Å². The molecule has 3 rings (SSSR count). The van der Waals surface area contributed by atoms with E-state index in [2.05, 4.69) is 16.0 Å². The van der Waals surface area contributed by atoms with Crippen LogP contribution in [0.3, 0.4) is 0 Å². The molecule has 1 aromatic carbocycles. The molecule has 1 fully saturated rings. The molecule has 2 aromatic rings. The Labute approximate surface area is 166 Å². The summed E-state index contributed by atoms with van der Waals surface area (Å²) < 4.78 is 9.81. The third kappa shape index (κ3) is 6.49. The van der Waals surface area contributed by atoms with E-state index in [1.165, 1.54) is 12.3 Å². The zero-order valence-electron chi connectivity index (χ0n) is 15.6. The molecule has 0 unspecified atom stereocenters. The van der Waals surface area contributed by atoms with Crippen molar-refractivity contribution in [1.29, 1.82) is 0 Å². The van der Waals surface area contributed by atoms with Crippen molar-refractivity contribution < 1.29 is 28.3 Å². The lowest BCUT2D eigenvalue weighted by Gasteiger charge is -2.09. The highest BCUT2D eigenvalue weighted by Gasteiger charge is 2.23. The SMILES string of the molecule is O=C(COC(=O)CCNC(=O)c1ccco1)Nc1cccc(C(=O)NC2CC2)c1. The van der Waals surface area contributed by atoms with Gasteiger partial charge in [-0.2, -0.15) is 0 Å². The Hall–Kier alpha value is -3.62. The van der Waals surface area contributed by atoms with Gasteiger partial charge in [-0.15, -0.1) is 0 Å². The van der Waals surface area contributed by atoms with Gasteiger partial charge >= 0.3 is 5.97 Å². The van der Waals surface area contributed by atoms with Crippen molar-refractivity contribution in [2.45, 2.75) is 25.3 Å². The molecule has 29 heavy (non-hydrogen) atoms. The van der Waals surface area contributed by atoms with Crippen LogP contribution in [-0.2, 0) is 14.3 Å². The Morgan fingerprint density at radius 2 is 1.90 bits per heavy atom. The molecule has 0 atom stereocenters. The van der Waals surface area contributed by atoms with Gasteiger partial charge in [-0.1, -0.05) is 6.07 Å². The molecule has 9 nitrogen and oxygen atoms in total. The van der Waals surface area contributed by atoms with E-state index in [9.17, 15) is 19.2 Å². The number of hydrogen-bond acceptors (Lipinski definition) is 6. The van der Waals surface area contributed by atoms with Crippen LogP contribution in [0.25, 0.3) is 0 Å². The van der Waals surface area contributed by atoms with Crippen LogP contribution in [0, 0.1) is 0 Å². The molecule has 0 saturated heterocycles.